The second-order valence-corrected chi connectivity index (χ2v) is 6.15. The Morgan fingerprint density at radius 2 is 1.18 bits per heavy atom. The van der Waals surface area contributed by atoms with Crippen LogP contribution in [0.1, 0.15) is 36.6 Å². The van der Waals surface area contributed by atoms with E-state index in [2.05, 4.69) is 10.6 Å². The number of aryl methyl sites for hydroxylation is 1. The summed E-state index contributed by atoms with van der Waals surface area (Å²) in [6, 6.07) is 19.9. The van der Waals surface area contributed by atoms with E-state index in [1.807, 2.05) is 19.1 Å². The van der Waals surface area contributed by atoms with Gasteiger partial charge in [-0.05, 0) is 48.9 Å². The number of nitrogens with one attached hydrogen (secondary N) is 2. The van der Waals surface area contributed by atoms with E-state index in [-0.39, 0.29) is 17.0 Å². The molecule has 3 N–H and O–H groups in total. The SMILES string of the molecule is Cc1ccccc1C(=O)Nc1cccc(NC(=O)c2ccccc2C(=O)O)c1. The highest BCUT2D eigenvalue weighted by Gasteiger charge is 2.16. The lowest BCUT2D eigenvalue weighted by molar-refractivity contribution is 0.0692. The van der Waals surface area contributed by atoms with E-state index in [1.54, 1.807) is 48.5 Å². The summed E-state index contributed by atoms with van der Waals surface area (Å²) in [6.45, 7) is 1.85. The van der Waals surface area contributed by atoms with Crippen LogP contribution in [0, 0.1) is 6.92 Å². The molecule has 0 bridgehead atoms. The quantitative estimate of drug-likeness (QED) is 0.624. The van der Waals surface area contributed by atoms with E-state index in [0.717, 1.165) is 5.56 Å². The molecule has 0 atom stereocenters. The number of carbonyl (C=O) groups excluding carboxylic acids is 2. The molecule has 6 nitrogen and oxygen atoms in total. The number of carboxylic acid groups (broad SMARTS) is 1. The minimum atomic E-state index is -1.18. The lowest BCUT2D eigenvalue weighted by Gasteiger charge is -2.11. The monoisotopic (exact) mass is 374 g/mol. The van der Waals surface area contributed by atoms with Crippen LogP contribution in [0.25, 0.3) is 0 Å². The minimum absolute atomic E-state index is 0.0596. The van der Waals surface area contributed by atoms with E-state index in [4.69, 9.17) is 0 Å². The first-order valence-electron chi connectivity index (χ1n) is 8.56. The molecule has 140 valence electrons. The zero-order valence-electron chi connectivity index (χ0n) is 15.1. The number of rotatable bonds is 5. The molecule has 6 heteroatoms. The number of hydrogen-bond donors (Lipinski definition) is 3. The van der Waals surface area contributed by atoms with Crippen molar-refractivity contribution < 1.29 is 19.5 Å². The zero-order valence-corrected chi connectivity index (χ0v) is 15.1. The van der Waals surface area contributed by atoms with Gasteiger partial charge in [0.05, 0.1) is 11.1 Å². The number of hydrogen-bond acceptors (Lipinski definition) is 3. The molecule has 2 amide bonds. The zero-order chi connectivity index (χ0) is 20.1. The van der Waals surface area contributed by atoms with Crippen molar-refractivity contribution in [3.05, 3.63) is 95.1 Å². The number of carboxylic acids is 1. The Balaban J connectivity index is 1.77. The Morgan fingerprint density at radius 1 is 0.679 bits per heavy atom. The van der Waals surface area contributed by atoms with Gasteiger partial charge in [-0.25, -0.2) is 4.79 Å². The summed E-state index contributed by atoms with van der Waals surface area (Å²) in [5.74, 6) is -1.97. The average Bonchev–Trinajstić information content (AvgIpc) is 2.68. The van der Waals surface area contributed by atoms with Gasteiger partial charge in [0, 0.05) is 16.9 Å². The van der Waals surface area contributed by atoms with E-state index >= 15 is 0 Å². The smallest absolute Gasteiger partial charge is 0.336 e. The first-order chi connectivity index (χ1) is 13.5. The van der Waals surface area contributed by atoms with Crippen LogP contribution in [0.4, 0.5) is 11.4 Å². The molecule has 0 unspecified atom stereocenters. The van der Waals surface area contributed by atoms with Crippen molar-refractivity contribution in [2.45, 2.75) is 6.92 Å². The fraction of sp³-hybridized carbons (Fsp3) is 0.0455. The Labute approximate surface area is 161 Å². The number of carbonyl (C=O) groups is 3. The maximum Gasteiger partial charge on any atom is 0.336 e. The molecule has 0 radical (unpaired) electrons. The third kappa shape index (κ3) is 4.24. The van der Waals surface area contributed by atoms with Crippen molar-refractivity contribution in [2.24, 2.45) is 0 Å². The van der Waals surface area contributed by atoms with Crippen LogP contribution in [0.15, 0.2) is 72.8 Å². The van der Waals surface area contributed by atoms with Gasteiger partial charge in [-0.1, -0.05) is 36.4 Å². The second-order valence-electron chi connectivity index (χ2n) is 6.15. The third-order valence-corrected chi connectivity index (χ3v) is 4.17. The van der Waals surface area contributed by atoms with Gasteiger partial charge in [0.2, 0.25) is 0 Å². The van der Waals surface area contributed by atoms with Gasteiger partial charge in [0.1, 0.15) is 0 Å². The van der Waals surface area contributed by atoms with Crippen LogP contribution in [-0.2, 0) is 0 Å². The summed E-state index contributed by atoms with van der Waals surface area (Å²) in [4.78, 5) is 36.2. The van der Waals surface area contributed by atoms with Crippen molar-refractivity contribution in [3.63, 3.8) is 0 Å². The summed E-state index contributed by atoms with van der Waals surface area (Å²) in [6.07, 6.45) is 0. The van der Waals surface area contributed by atoms with Crippen LogP contribution in [-0.4, -0.2) is 22.9 Å². The number of amides is 2. The molecule has 0 heterocycles. The molecule has 0 saturated carbocycles. The first-order valence-corrected chi connectivity index (χ1v) is 8.56. The maximum atomic E-state index is 12.5. The highest BCUT2D eigenvalue weighted by atomic mass is 16.4. The van der Waals surface area contributed by atoms with Crippen LogP contribution >= 0.6 is 0 Å². The molecular weight excluding hydrogens is 356 g/mol. The molecule has 3 rings (SSSR count). The predicted molar refractivity (Wildman–Crippen MR) is 107 cm³/mol. The third-order valence-electron chi connectivity index (χ3n) is 4.17. The molecule has 0 aliphatic carbocycles. The van der Waals surface area contributed by atoms with E-state index in [9.17, 15) is 19.5 Å². The molecule has 0 aliphatic rings. The van der Waals surface area contributed by atoms with E-state index in [1.165, 1.54) is 12.1 Å². The molecule has 0 spiro atoms. The van der Waals surface area contributed by atoms with Crippen molar-refractivity contribution in [1.82, 2.24) is 0 Å². The largest absolute Gasteiger partial charge is 0.478 e. The fourth-order valence-electron chi connectivity index (χ4n) is 2.77. The normalized spacial score (nSPS) is 10.2. The highest BCUT2D eigenvalue weighted by Crippen LogP contribution is 2.19. The topological polar surface area (TPSA) is 95.5 Å². The van der Waals surface area contributed by atoms with E-state index < -0.39 is 11.9 Å². The van der Waals surface area contributed by atoms with Crippen molar-refractivity contribution in [1.29, 1.82) is 0 Å². The molecule has 0 aliphatic heterocycles. The van der Waals surface area contributed by atoms with Gasteiger partial charge in [-0.15, -0.1) is 0 Å². The summed E-state index contributed by atoms with van der Waals surface area (Å²) >= 11 is 0. The molecular formula is C22H18N2O4. The fourth-order valence-corrected chi connectivity index (χ4v) is 2.77. The van der Waals surface area contributed by atoms with Gasteiger partial charge in [0.15, 0.2) is 0 Å². The van der Waals surface area contributed by atoms with Crippen LogP contribution in [0.2, 0.25) is 0 Å². The highest BCUT2D eigenvalue weighted by molar-refractivity contribution is 6.11. The average molecular weight is 374 g/mol. The van der Waals surface area contributed by atoms with Crippen molar-refractivity contribution in [3.8, 4) is 0 Å². The van der Waals surface area contributed by atoms with Gasteiger partial charge in [0.25, 0.3) is 11.8 Å². The Hall–Kier alpha value is -3.93. The molecule has 3 aromatic carbocycles. The summed E-state index contributed by atoms with van der Waals surface area (Å²) in [5.41, 5.74) is 2.35. The van der Waals surface area contributed by atoms with Gasteiger partial charge >= 0.3 is 5.97 Å². The number of benzene rings is 3. The Morgan fingerprint density at radius 3 is 1.75 bits per heavy atom. The van der Waals surface area contributed by atoms with E-state index in [0.29, 0.717) is 16.9 Å². The van der Waals surface area contributed by atoms with Gasteiger partial charge in [-0.3, -0.25) is 9.59 Å². The number of anilines is 2. The van der Waals surface area contributed by atoms with Crippen LogP contribution in [0.5, 0.6) is 0 Å². The standard InChI is InChI=1S/C22H18N2O4/c1-14-7-2-3-10-17(14)20(25)23-15-8-6-9-16(13-15)24-21(26)18-11-4-5-12-19(18)22(27)28/h2-13H,1H3,(H,23,25)(H,24,26)(H,27,28). The maximum absolute atomic E-state index is 12.5. The first kappa shape index (κ1) is 18.8. The summed E-state index contributed by atoms with van der Waals surface area (Å²) in [7, 11) is 0. The molecule has 28 heavy (non-hydrogen) atoms. The van der Waals surface area contributed by atoms with Gasteiger partial charge < -0.3 is 15.7 Å². The Bertz CT molecular complexity index is 1060. The number of aromatic carboxylic acids is 1. The minimum Gasteiger partial charge on any atom is -0.478 e. The molecule has 0 fully saturated rings. The molecule has 3 aromatic rings. The van der Waals surface area contributed by atoms with Crippen LogP contribution in [0.3, 0.4) is 0 Å². The summed E-state index contributed by atoms with van der Waals surface area (Å²) in [5, 5.41) is 14.7. The summed E-state index contributed by atoms with van der Waals surface area (Å²) < 4.78 is 0. The van der Waals surface area contributed by atoms with Gasteiger partial charge in [-0.2, -0.15) is 0 Å². The van der Waals surface area contributed by atoms with Crippen LogP contribution < -0.4 is 10.6 Å². The lowest BCUT2D eigenvalue weighted by Crippen LogP contribution is -2.17. The van der Waals surface area contributed by atoms with Crippen molar-refractivity contribution in [2.75, 3.05) is 10.6 Å². The lowest BCUT2D eigenvalue weighted by atomic mass is 10.1. The predicted octanol–water partition coefficient (Wildman–Crippen LogP) is 4.20. The molecule has 0 aromatic heterocycles. The second kappa shape index (κ2) is 8.18. The van der Waals surface area contributed by atoms with Crippen molar-refractivity contribution >= 4 is 29.2 Å². The Kier molecular flexibility index (Phi) is 5.50. The molecule has 0 saturated heterocycles.